The molecule has 0 amide bonds. The highest BCUT2D eigenvalue weighted by Crippen LogP contribution is 2.14. The van der Waals surface area contributed by atoms with E-state index in [0.717, 1.165) is 18.8 Å². The number of nitrogens with zero attached hydrogens (tertiary/aromatic N) is 3. The van der Waals surface area contributed by atoms with Crippen LogP contribution in [0.5, 0.6) is 0 Å². The quantitative estimate of drug-likeness (QED) is 0.719. The average molecular weight is 232 g/mol. The Morgan fingerprint density at radius 3 is 2.82 bits per heavy atom. The lowest BCUT2D eigenvalue weighted by Crippen LogP contribution is -2.07. The first-order valence-corrected chi connectivity index (χ1v) is 5.38. The first-order chi connectivity index (χ1) is 8.15. The Labute approximate surface area is 99.6 Å². The smallest absolute Gasteiger partial charge is 0.149 e. The molecule has 90 valence electrons. The van der Waals surface area contributed by atoms with Crippen LogP contribution < -0.4 is 16.8 Å². The van der Waals surface area contributed by atoms with Crippen LogP contribution in [0.3, 0.4) is 0 Å². The summed E-state index contributed by atoms with van der Waals surface area (Å²) >= 11 is 0. The summed E-state index contributed by atoms with van der Waals surface area (Å²) in [5.74, 6) is 1.09. The molecule has 0 radical (unpaired) electrons. The van der Waals surface area contributed by atoms with Gasteiger partial charge in [0.05, 0.1) is 11.9 Å². The summed E-state index contributed by atoms with van der Waals surface area (Å²) in [6.07, 6.45) is 4.73. The van der Waals surface area contributed by atoms with E-state index in [-0.39, 0.29) is 0 Å². The lowest BCUT2D eigenvalue weighted by molar-refractivity contribution is 0.767. The maximum Gasteiger partial charge on any atom is 0.149 e. The monoisotopic (exact) mass is 232 g/mol. The maximum atomic E-state index is 5.62. The van der Waals surface area contributed by atoms with Crippen molar-refractivity contribution in [2.24, 2.45) is 7.05 Å². The van der Waals surface area contributed by atoms with Gasteiger partial charge in [-0.15, -0.1) is 0 Å². The van der Waals surface area contributed by atoms with E-state index < -0.39 is 0 Å². The molecule has 6 nitrogen and oxygen atoms in total. The molecule has 17 heavy (non-hydrogen) atoms. The molecule has 0 saturated heterocycles. The lowest BCUT2D eigenvalue weighted by atomic mass is 10.2. The molecule has 5 N–H and O–H groups in total. The van der Waals surface area contributed by atoms with Gasteiger partial charge in [-0.1, -0.05) is 0 Å². The Kier molecular flexibility index (Phi) is 3.13. The molecule has 2 heterocycles. The summed E-state index contributed by atoms with van der Waals surface area (Å²) in [6, 6.07) is 3.56. The van der Waals surface area contributed by atoms with Crippen LogP contribution in [-0.4, -0.2) is 21.3 Å². The van der Waals surface area contributed by atoms with Gasteiger partial charge in [0.15, 0.2) is 0 Å². The number of aryl methyl sites for hydroxylation is 1. The maximum absolute atomic E-state index is 5.62. The normalized spacial score (nSPS) is 10.4. The highest BCUT2D eigenvalue weighted by molar-refractivity contribution is 5.61. The van der Waals surface area contributed by atoms with Crippen LogP contribution in [0.25, 0.3) is 0 Å². The van der Waals surface area contributed by atoms with Crippen LogP contribution in [-0.2, 0) is 13.5 Å². The predicted octanol–water partition coefficient (Wildman–Crippen LogP) is 0.634. The van der Waals surface area contributed by atoms with Crippen molar-refractivity contribution in [1.82, 2.24) is 14.8 Å². The zero-order valence-corrected chi connectivity index (χ0v) is 9.72. The summed E-state index contributed by atoms with van der Waals surface area (Å²) in [6.45, 7) is 0.780. The van der Waals surface area contributed by atoms with Crippen molar-refractivity contribution in [1.29, 1.82) is 0 Å². The average Bonchev–Trinajstić information content (AvgIpc) is 2.70. The fraction of sp³-hybridized carbons (Fsp3) is 0.273. The minimum Gasteiger partial charge on any atom is -0.396 e. The van der Waals surface area contributed by atoms with Gasteiger partial charge in [-0.3, -0.25) is 4.68 Å². The number of anilines is 3. The van der Waals surface area contributed by atoms with Crippen LogP contribution >= 0.6 is 0 Å². The molecular formula is C11H16N6. The van der Waals surface area contributed by atoms with E-state index in [1.807, 2.05) is 25.5 Å². The molecule has 0 aliphatic rings. The van der Waals surface area contributed by atoms with E-state index in [1.54, 1.807) is 10.7 Å². The van der Waals surface area contributed by atoms with Crippen LogP contribution in [0.15, 0.2) is 24.5 Å². The van der Waals surface area contributed by atoms with E-state index in [0.29, 0.717) is 11.5 Å². The van der Waals surface area contributed by atoms with Gasteiger partial charge in [0, 0.05) is 19.8 Å². The Balaban J connectivity index is 1.87. The zero-order valence-electron chi connectivity index (χ0n) is 9.72. The molecule has 0 aliphatic carbocycles. The second-order valence-corrected chi connectivity index (χ2v) is 3.87. The SMILES string of the molecule is Cn1cc(CCNc2ccc(N)c(N)n2)cn1. The molecule has 2 aromatic heterocycles. The topological polar surface area (TPSA) is 94.8 Å². The van der Waals surface area contributed by atoms with Gasteiger partial charge in [0.1, 0.15) is 11.6 Å². The number of hydrogen-bond donors (Lipinski definition) is 3. The van der Waals surface area contributed by atoms with E-state index in [1.165, 1.54) is 5.56 Å². The number of rotatable bonds is 4. The van der Waals surface area contributed by atoms with Crippen molar-refractivity contribution in [2.45, 2.75) is 6.42 Å². The van der Waals surface area contributed by atoms with E-state index >= 15 is 0 Å². The molecule has 0 spiro atoms. The molecule has 0 saturated carbocycles. The molecule has 0 fully saturated rings. The Hall–Kier alpha value is -2.24. The molecule has 2 rings (SSSR count). The minimum absolute atomic E-state index is 0.358. The third kappa shape index (κ3) is 2.87. The van der Waals surface area contributed by atoms with Gasteiger partial charge in [-0.05, 0) is 24.1 Å². The zero-order chi connectivity index (χ0) is 12.3. The standard InChI is InChI=1S/C11H16N6/c1-17-7-8(6-15-17)4-5-14-10-3-2-9(12)11(13)16-10/h2-3,6-7H,4-5,12H2,1H3,(H3,13,14,16). The van der Waals surface area contributed by atoms with E-state index in [9.17, 15) is 0 Å². The van der Waals surface area contributed by atoms with Crippen LogP contribution in [0.1, 0.15) is 5.56 Å². The molecule has 0 atom stereocenters. The summed E-state index contributed by atoms with van der Waals surface area (Å²) < 4.78 is 1.79. The number of pyridine rings is 1. The highest BCUT2D eigenvalue weighted by Gasteiger charge is 1.99. The van der Waals surface area contributed by atoms with Gasteiger partial charge >= 0.3 is 0 Å². The molecule has 0 aliphatic heterocycles. The molecule has 0 bridgehead atoms. The Morgan fingerprint density at radius 1 is 1.35 bits per heavy atom. The Bertz CT molecular complexity index is 504. The van der Waals surface area contributed by atoms with Crippen molar-refractivity contribution in [3.05, 3.63) is 30.1 Å². The first-order valence-electron chi connectivity index (χ1n) is 5.38. The summed E-state index contributed by atoms with van der Waals surface area (Å²) in [5, 5.41) is 7.29. The van der Waals surface area contributed by atoms with Crippen LogP contribution in [0.2, 0.25) is 0 Å². The summed E-state index contributed by atoms with van der Waals surface area (Å²) in [4.78, 5) is 4.13. The molecule has 0 aromatic carbocycles. The third-order valence-corrected chi connectivity index (χ3v) is 2.44. The van der Waals surface area contributed by atoms with Gasteiger partial charge in [0.2, 0.25) is 0 Å². The van der Waals surface area contributed by atoms with Gasteiger partial charge in [-0.2, -0.15) is 5.10 Å². The van der Waals surface area contributed by atoms with Crippen molar-refractivity contribution < 1.29 is 0 Å². The van der Waals surface area contributed by atoms with Crippen LogP contribution in [0.4, 0.5) is 17.3 Å². The van der Waals surface area contributed by atoms with E-state index in [2.05, 4.69) is 15.4 Å². The molecule has 0 unspecified atom stereocenters. The number of aromatic nitrogens is 3. The molecule has 2 aromatic rings. The van der Waals surface area contributed by atoms with E-state index in [4.69, 9.17) is 11.5 Å². The minimum atomic E-state index is 0.358. The number of nitrogens with two attached hydrogens (primary N) is 2. The number of hydrogen-bond acceptors (Lipinski definition) is 5. The highest BCUT2D eigenvalue weighted by atomic mass is 15.2. The van der Waals surface area contributed by atoms with Crippen molar-refractivity contribution in [2.75, 3.05) is 23.3 Å². The van der Waals surface area contributed by atoms with Crippen molar-refractivity contribution in [3.8, 4) is 0 Å². The fourth-order valence-electron chi connectivity index (χ4n) is 1.52. The van der Waals surface area contributed by atoms with Gasteiger partial charge < -0.3 is 16.8 Å². The third-order valence-electron chi connectivity index (χ3n) is 2.44. The molecular weight excluding hydrogens is 216 g/mol. The summed E-state index contributed by atoms with van der Waals surface area (Å²) in [7, 11) is 1.90. The first kappa shape index (κ1) is 11.3. The largest absolute Gasteiger partial charge is 0.396 e. The second-order valence-electron chi connectivity index (χ2n) is 3.87. The van der Waals surface area contributed by atoms with Crippen molar-refractivity contribution in [3.63, 3.8) is 0 Å². The van der Waals surface area contributed by atoms with Crippen molar-refractivity contribution >= 4 is 17.3 Å². The number of nitrogen functional groups attached to an aromatic ring is 2. The Morgan fingerprint density at radius 2 is 2.18 bits per heavy atom. The number of nitrogens with one attached hydrogen (secondary N) is 1. The predicted molar refractivity (Wildman–Crippen MR) is 68.5 cm³/mol. The van der Waals surface area contributed by atoms with Crippen LogP contribution in [0, 0.1) is 0 Å². The molecule has 6 heteroatoms. The fourth-order valence-corrected chi connectivity index (χ4v) is 1.52. The van der Waals surface area contributed by atoms with Gasteiger partial charge in [0.25, 0.3) is 0 Å². The second kappa shape index (κ2) is 4.73. The summed E-state index contributed by atoms with van der Waals surface area (Å²) in [5.41, 5.74) is 12.9. The lowest BCUT2D eigenvalue weighted by Gasteiger charge is -2.06. The van der Waals surface area contributed by atoms with Gasteiger partial charge in [-0.25, -0.2) is 4.98 Å².